The zero-order valence-corrected chi connectivity index (χ0v) is 24.6. The lowest BCUT2D eigenvalue weighted by atomic mass is 9.84. The molecular formula is C33H36ClNO4. The van der Waals surface area contributed by atoms with Crippen LogP contribution in [0.25, 0.3) is 5.76 Å². The van der Waals surface area contributed by atoms with Gasteiger partial charge in [0.05, 0.1) is 18.7 Å². The number of amides is 1. The van der Waals surface area contributed by atoms with Crippen molar-refractivity contribution in [3.05, 3.63) is 99.1 Å². The van der Waals surface area contributed by atoms with E-state index in [4.69, 9.17) is 16.3 Å². The van der Waals surface area contributed by atoms with Crippen LogP contribution in [0.5, 0.6) is 5.75 Å². The number of hydrogen-bond acceptors (Lipinski definition) is 4. The fraction of sp³-hybridized carbons (Fsp3) is 0.333. The van der Waals surface area contributed by atoms with Crippen LogP contribution in [0.15, 0.2) is 66.2 Å². The summed E-state index contributed by atoms with van der Waals surface area (Å²) in [6, 6.07) is 17.6. The van der Waals surface area contributed by atoms with Crippen LogP contribution in [0, 0.1) is 6.92 Å². The third-order valence-corrected chi connectivity index (χ3v) is 7.47. The van der Waals surface area contributed by atoms with Crippen molar-refractivity contribution in [3.8, 4) is 5.75 Å². The number of aliphatic hydroxyl groups excluding tert-OH is 1. The third kappa shape index (κ3) is 5.33. The number of benzene rings is 3. The number of anilines is 1. The number of methoxy groups -OCH3 is 1. The fourth-order valence-corrected chi connectivity index (χ4v) is 5.27. The molecule has 0 spiro atoms. The highest BCUT2D eigenvalue weighted by Gasteiger charge is 2.47. The number of carbonyl (C=O) groups excluding carboxylic acids is 2. The highest BCUT2D eigenvalue weighted by atomic mass is 35.5. The van der Waals surface area contributed by atoms with Crippen LogP contribution in [-0.4, -0.2) is 23.9 Å². The zero-order valence-electron chi connectivity index (χ0n) is 23.8. The first-order valence-corrected chi connectivity index (χ1v) is 13.4. The monoisotopic (exact) mass is 545 g/mol. The van der Waals surface area contributed by atoms with Gasteiger partial charge < -0.3 is 9.84 Å². The van der Waals surface area contributed by atoms with Crippen molar-refractivity contribution in [2.45, 2.75) is 65.3 Å². The molecule has 1 amide bonds. The molecule has 0 bridgehead atoms. The van der Waals surface area contributed by atoms with Gasteiger partial charge in [0.1, 0.15) is 11.5 Å². The lowest BCUT2D eigenvalue weighted by molar-refractivity contribution is -0.132. The highest BCUT2D eigenvalue weighted by molar-refractivity contribution is 6.51. The second-order valence-corrected chi connectivity index (χ2v) is 12.6. The molecular weight excluding hydrogens is 510 g/mol. The fourth-order valence-electron chi connectivity index (χ4n) is 5.05. The minimum atomic E-state index is -0.820. The molecule has 3 aromatic carbocycles. The minimum absolute atomic E-state index is 0.0443. The van der Waals surface area contributed by atoms with Crippen LogP contribution in [0.1, 0.15) is 75.4 Å². The van der Waals surface area contributed by atoms with Gasteiger partial charge in [-0.1, -0.05) is 77.4 Å². The van der Waals surface area contributed by atoms with E-state index < -0.39 is 17.7 Å². The molecule has 204 valence electrons. The van der Waals surface area contributed by atoms with Gasteiger partial charge in [-0.15, -0.1) is 0 Å². The average molecular weight is 546 g/mol. The summed E-state index contributed by atoms with van der Waals surface area (Å²) in [6.45, 7) is 14.4. The number of hydrogen-bond donors (Lipinski definition) is 1. The van der Waals surface area contributed by atoms with Crippen molar-refractivity contribution >= 4 is 34.7 Å². The van der Waals surface area contributed by atoms with Gasteiger partial charge >= 0.3 is 0 Å². The second-order valence-electron chi connectivity index (χ2n) is 12.1. The van der Waals surface area contributed by atoms with Gasteiger partial charge in [-0.2, -0.15) is 0 Å². The summed E-state index contributed by atoms with van der Waals surface area (Å²) in [4.78, 5) is 28.7. The summed E-state index contributed by atoms with van der Waals surface area (Å²) in [7, 11) is 1.60. The number of nitrogens with zero attached hydrogens (tertiary/aromatic N) is 1. The van der Waals surface area contributed by atoms with Gasteiger partial charge in [-0.3, -0.25) is 14.5 Å². The SMILES string of the molecule is COc1ccc(/C(O)=C2/C(=O)C(=O)N(c3ccc(Cl)cc3C)C2c2ccc(C(C)(C)C)cc2)cc1C(C)(C)C. The third-order valence-electron chi connectivity index (χ3n) is 7.24. The Morgan fingerprint density at radius 2 is 1.54 bits per heavy atom. The van der Waals surface area contributed by atoms with Crippen molar-refractivity contribution in [1.82, 2.24) is 0 Å². The molecule has 1 aliphatic heterocycles. The molecule has 0 radical (unpaired) electrons. The smallest absolute Gasteiger partial charge is 0.300 e. The standard InChI is InChI=1S/C33H36ClNO4/c1-19-17-23(34)14-15-25(19)35-28(20-9-12-22(13-10-20)32(2,3)4)27(30(37)31(35)38)29(36)21-11-16-26(39-8)24(18-21)33(5,6)7/h9-18,28,36H,1-8H3/b29-27-. The molecule has 1 heterocycles. The summed E-state index contributed by atoms with van der Waals surface area (Å²) in [5.41, 5.74) is 4.18. The van der Waals surface area contributed by atoms with Gasteiger partial charge in [0, 0.05) is 21.8 Å². The van der Waals surface area contributed by atoms with Crippen LogP contribution in [0.3, 0.4) is 0 Å². The van der Waals surface area contributed by atoms with Crippen molar-refractivity contribution in [3.63, 3.8) is 0 Å². The summed E-state index contributed by atoms with van der Waals surface area (Å²) in [5, 5.41) is 12.2. The Balaban J connectivity index is 1.98. The largest absolute Gasteiger partial charge is 0.507 e. The van der Waals surface area contributed by atoms with Crippen molar-refractivity contribution < 1.29 is 19.4 Å². The molecule has 0 aromatic heterocycles. The molecule has 4 rings (SSSR count). The Morgan fingerprint density at radius 3 is 2.08 bits per heavy atom. The number of carbonyl (C=O) groups is 2. The van der Waals surface area contributed by atoms with Crippen LogP contribution < -0.4 is 9.64 Å². The number of aryl methyl sites for hydroxylation is 1. The van der Waals surface area contributed by atoms with Crippen molar-refractivity contribution in [2.75, 3.05) is 12.0 Å². The Labute approximate surface area is 236 Å². The highest BCUT2D eigenvalue weighted by Crippen LogP contribution is 2.44. The first-order valence-electron chi connectivity index (χ1n) is 13.0. The van der Waals surface area contributed by atoms with E-state index >= 15 is 0 Å². The Morgan fingerprint density at radius 1 is 0.897 bits per heavy atom. The number of rotatable bonds is 4. The van der Waals surface area contributed by atoms with E-state index in [0.717, 1.165) is 22.3 Å². The molecule has 1 N–H and O–H groups in total. The lowest BCUT2D eigenvalue weighted by Gasteiger charge is -2.28. The van der Waals surface area contributed by atoms with Gasteiger partial charge in [0.15, 0.2) is 0 Å². The van der Waals surface area contributed by atoms with Gasteiger partial charge in [-0.05, 0) is 70.8 Å². The van der Waals surface area contributed by atoms with Crippen molar-refractivity contribution in [1.29, 1.82) is 0 Å². The molecule has 1 aliphatic rings. The predicted octanol–water partition coefficient (Wildman–Crippen LogP) is 7.88. The van der Waals surface area contributed by atoms with E-state index in [-0.39, 0.29) is 22.2 Å². The zero-order chi connectivity index (χ0) is 28.9. The van der Waals surface area contributed by atoms with E-state index in [9.17, 15) is 14.7 Å². The molecule has 1 fully saturated rings. The van der Waals surface area contributed by atoms with Crippen molar-refractivity contribution in [2.24, 2.45) is 0 Å². The van der Waals surface area contributed by atoms with E-state index in [1.807, 2.05) is 58.0 Å². The summed E-state index contributed by atoms with van der Waals surface area (Å²) in [6.07, 6.45) is 0. The van der Waals surface area contributed by atoms with Crippen LogP contribution in [-0.2, 0) is 20.4 Å². The maximum atomic E-state index is 13.6. The Kier molecular flexibility index (Phi) is 7.44. The number of halogens is 1. The maximum absolute atomic E-state index is 13.6. The molecule has 1 saturated heterocycles. The lowest BCUT2D eigenvalue weighted by Crippen LogP contribution is -2.30. The molecule has 3 aromatic rings. The van der Waals surface area contributed by atoms with E-state index in [0.29, 0.717) is 22.0 Å². The normalized spacial score (nSPS) is 17.6. The average Bonchev–Trinajstić information content (AvgIpc) is 3.12. The topological polar surface area (TPSA) is 66.8 Å². The second kappa shape index (κ2) is 10.2. The van der Waals surface area contributed by atoms with Crippen LogP contribution in [0.2, 0.25) is 5.02 Å². The molecule has 0 aliphatic carbocycles. The number of ketones is 1. The number of Topliss-reactive ketones (excluding diaryl/α,β-unsaturated/α-hetero) is 1. The molecule has 1 unspecified atom stereocenters. The molecule has 6 heteroatoms. The number of aliphatic hydroxyl groups is 1. The van der Waals surface area contributed by atoms with E-state index in [1.54, 1.807) is 37.4 Å². The Hall–Kier alpha value is -3.57. The van der Waals surface area contributed by atoms with E-state index in [2.05, 4.69) is 20.8 Å². The first-order chi connectivity index (χ1) is 18.1. The van der Waals surface area contributed by atoms with Gasteiger partial charge in [-0.25, -0.2) is 0 Å². The van der Waals surface area contributed by atoms with Crippen LogP contribution >= 0.6 is 11.6 Å². The molecule has 5 nitrogen and oxygen atoms in total. The Bertz CT molecular complexity index is 1470. The van der Waals surface area contributed by atoms with Gasteiger partial charge in [0.25, 0.3) is 11.7 Å². The minimum Gasteiger partial charge on any atom is -0.507 e. The predicted molar refractivity (Wildman–Crippen MR) is 158 cm³/mol. The molecule has 1 atom stereocenters. The quantitative estimate of drug-likeness (QED) is 0.206. The summed E-state index contributed by atoms with van der Waals surface area (Å²) < 4.78 is 5.56. The molecule has 0 saturated carbocycles. The summed E-state index contributed by atoms with van der Waals surface area (Å²) >= 11 is 6.21. The molecule has 39 heavy (non-hydrogen) atoms. The summed E-state index contributed by atoms with van der Waals surface area (Å²) in [5.74, 6) is -0.970. The first kappa shape index (κ1) is 28.4. The van der Waals surface area contributed by atoms with Crippen LogP contribution in [0.4, 0.5) is 5.69 Å². The van der Waals surface area contributed by atoms with Gasteiger partial charge in [0.2, 0.25) is 0 Å². The maximum Gasteiger partial charge on any atom is 0.300 e. The van der Waals surface area contributed by atoms with E-state index in [1.165, 1.54) is 4.90 Å². The number of ether oxygens (including phenoxy) is 1.